The summed E-state index contributed by atoms with van der Waals surface area (Å²) in [6, 6.07) is 21.9. The first-order valence-corrected chi connectivity index (χ1v) is 17.6. The summed E-state index contributed by atoms with van der Waals surface area (Å²) in [6.45, 7) is 6.12. The summed E-state index contributed by atoms with van der Waals surface area (Å²) in [5.74, 6) is -0.124. The van der Waals surface area contributed by atoms with Crippen LogP contribution in [0.4, 0.5) is 5.69 Å². The zero-order valence-corrected chi connectivity index (χ0v) is 30.1. The molecule has 2 aliphatic heterocycles. The third-order valence-electron chi connectivity index (χ3n) is 9.43. The predicted molar refractivity (Wildman–Crippen MR) is 197 cm³/mol. The molecular formula is C37H36BrClN8O3. The number of aromatic nitrogens is 4. The van der Waals surface area contributed by atoms with E-state index in [9.17, 15) is 14.4 Å². The van der Waals surface area contributed by atoms with Crippen molar-refractivity contribution in [1.29, 1.82) is 0 Å². The lowest BCUT2D eigenvalue weighted by Gasteiger charge is -2.34. The van der Waals surface area contributed by atoms with Crippen LogP contribution in [-0.4, -0.2) is 80.0 Å². The SMILES string of the molecule is C[C@@H]1Cn2c(c(C(=O)NCc3ccccc3-c3ncccn3)n(-c3ccc(N4CCN(C)CC4)cc3)c2=O)CN1C(=O)c1ccc(Br)c(Cl)c1. The van der Waals surface area contributed by atoms with Gasteiger partial charge in [0.05, 0.1) is 22.9 Å². The topological polar surface area (TPSA) is 109 Å². The van der Waals surface area contributed by atoms with Crippen LogP contribution < -0.4 is 15.9 Å². The van der Waals surface area contributed by atoms with Gasteiger partial charge in [-0.2, -0.15) is 0 Å². The summed E-state index contributed by atoms with van der Waals surface area (Å²) in [7, 11) is 2.12. The van der Waals surface area contributed by atoms with Gasteiger partial charge in [-0.05, 0) is 84.0 Å². The predicted octanol–water partition coefficient (Wildman–Crippen LogP) is 5.24. The Kier molecular flexibility index (Phi) is 9.58. The molecule has 1 saturated heterocycles. The molecule has 4 heterocycles. The third kappa shape index (κ3) is 6.58. The van der Waals surface area contributed by atoms with E-state index in [2.05, 4.69) is 48.1 Å². The number of nitrogens with one attached hydrogen (secondary N) is 1. The Labute approximate surface area is 303 Å². The maximum absolute atomic E-state index is 14.3. The number of hydrogen-bond acceptors (Lipinski definition) is 7. The van der Waals surface area contributed by atoms with Crippen LogP contribution in [0.3, 0.4) is 0 Å². The zero-order valence-electron chi connectivity index (χ0n) is 27.7. The van der Waals surface area contributed by atoms with Crippen molar-refractivity contribution in [1.82, 2.24) is 34.2 Å². The number of imidazole rings is 1. The highest BCUT2D eigenvalue weighted by atomic mass is 79.9. The summed E-state index contributed by atoms with van der Waals surface area (Å²) in [4.78, 5) is 57.5. The number of halogens is 2. The van der Waals surface area contributed by atoms with Crippen molar-refractivity contribution in [2.45, 2.75) is 32.6 Å². The van der Waals surface area contributed by atoms with Gasteiger partial charge in [0.2, 0.25) is 0 Å². The van der Waals surface area contributed by atoms with Crippen molar-refractivity contribution in [3.63, 3.8) is 0 Å². The lowest BCUT2D eigenvalue weighted by molar-refractivity contribution is 0.0610. The molecule has 2 amide bonds. The van der Waals surface area contributed by atoms with E-state index in [0.717, 1.165) is 43.0 Å². The highest BCUT2D eigenvalue weighted by Crippen LogP contribution is 2.29. The number of fused-ring (bicyclic) bond motifs is 1. The monoisotopic (exact) mass is 754 g/mol. The molecule has 1 fully saturated rings. The van der Waals surface area contributed by atoms with Crippen LogP contribution >= 0.6 is 27.5 Å². The Morgan fingerprint density at radius 1 is 0.940 bits per heavy atom. The molecule has 3 aromatic carbocycles. The van der Waals surface area contributed by atoms with Crippen LogP contribution in [0.25, 0.3) is 17.1 Å². The number of likely N-dealkylation sites (N-methyl/N-ethyl adjacent to an activating group) is 1. The van der Waals surface area contributed by atoms with Gasteiger partial charge >= 0.3 is 5.69 Å². The number of carbonyl (C=O) groups excluding carboxylic acids is 2. The molecule has 256 valence electrons. The van der Waals surface area contributed by atoms with E-state index in [1.54, 1.807) is 46.1 Å². The molecule has 0 spiro atoms. The second kappa shape index (κ2) is 14.2. The molecule has 13 heteroatoms. The van der Waals surface area contributed by atoms with Gasteiger partial charge in [0, 0.05) is 79.0 Å². The summed E-state index contributed by atoms with van der Waals surface area (Å²) in [6.07, 6.45) is 3.35. The Hall–Kier alpha value is -4.78. The molecule has 2 aliphatic rings. The first-order chi connectivity index (χ1) is 24.2. The van der Waals surface area contributed by atoms with Crippen molar-refractivity contribution in [3.8, 4) is 17.1 Å². The Balaban J connectivity index is 1.26. The number of anilines is 1. The average Bonchev–Trinajstić information content (AvgIpc) is 3.42. The highest BCUT2D eigenvalue weighted by Gasteiger charge is 2.35. The molecule has 11 nitrogen and oxygen atoms in total. The molecular weight excluding hydrogens is 720 g/mol. The minimum absolute atomic E-state index is 0.0620. The number of nitrogens with zero attached hydrogens (tertiary/aromatic N) is 7. The Morgan fingerprint density at radius 3 is 2.36 bits per heavy atom. The number of carbonyl (C=O) groups is 2. The zero-order chi connectivity index (χ0) is 34.9. The van der Waals surface area contributed by atoms with Crippen LogP contribution in [0.15, 0.2) is 94.5 Å². The lowest BCUT2D eigenvalue weighted by atomic mass is 10.1. The molecule has 50 heavy (non-hydrogen) atoms. The van der Waals surface area contributed by atoms with E-state index in [0.29, 0.717) is 32.3 Å². The summed E-state index contributed by atoms with van der Waals surface area (Å²) in [5.41, 5.74) is 3.99. The largest absolute Gasteiger partial charge is 0.369 e. The minimum atomic E-state index is -0.434. The summed E-state index contributed by atoms with van der Waals surface area (Å²) in [5, 5.41) is 3.48. The van der Waals surface area contributed by atoms with E-state index in [1.165, 1.54) is 4.57 Å². The summed E-state index contributed by atoms with van der Waals surface area (Å²) >= 11 is 9.73. The summed E-state index contributed by atoms with van der Waals surface area (Å²) < 4.78 is 3.78. The van der Waals surface area contributed by atoms with Gasteiger partial charge in [-0.25, -0.2) is 14.8 Å². The number of piperazine rings is 1. The number of amides is 2. The third-order valence-corrected chi connectivity index (χ3v) is 10.7. The number of benzene rings is 3. The Morgan fingerprint density at radius 2 is 1.64 bits per heavy atom. The van der Waals surface area contributed by atoms with Crippen molar-refractivity contribution in [3.05, 3.63) is 128 Å². The molecule has 1 atom stereocenters. The van der Waals surface area contributed by atoms with Crippen LogP contribution in [0, 0.1) is 0 Å². The Bertz CT molecular complexity index is 2110. The van der Waals surface area contributed by atoms with Gasteiger partial charge < -0.3 is 20.0 Å². The van der Waals surface area contributed by atoms with Crippen molar-refractivity contribution in [2.75, 3.05) is 38.1 Å². The van der Waals surface area contributed by atoms with E-state index >= 15 is 0 Å². The molecule has 2 aromatic heterocycles. The molecule has 7 rings (SSSR count). The molecule has 5 aromatic rings. The van der Waals surface area contributed by atoms with Crippen LogP contribution in [0.5, 0.6) is 0 Å². The molecule has 0 bridgehead atoms. The van der Waals surface area contributed by atoms with Gasteiger partial charge in [-0.15, -0.1) is 0 Å². The van der Waals surface area contributed by atoms with Gasteiger partial charge in [0.25, 0.3) is 11.8 Å². The van der Waals surface area contributed by atoms with Crippen LogP contribution in [0.1, 0.15) is 39.0 Å². The fourth-order valence-electron chi connectivity index (χ4n) is 6.62. The second-order valence-corrected chi connectivity index (χ2v) is 13.9. The van der Waals surface area contributed by atoms with Crippen LogP contribution in [0.2, 0.25) is 5.02 Å². The molecule has 0 unspecified atom stereocenters. The number of hydrogen-bond donors (Lipinski definition) is 1. The van der Waals surface area contributed by atoms with Crippen molar-refractivity contribution in [2.24, 2.45) is 0 Å². The van der Waals surface area contributed by atoms with E-state index < -0.39 is 5.91 Å². The van der Waals surface area contributed by atoms with Crippen molar-refractivity contribution < 1.29 is 9.59 Å². The standard InChI is InChI=1S/C37H36BrClN8O3/c1-24-22-46-32(23-45(24)36(49)25-8-13-30(38)31(39)20-25)33(35(48)42-21-26-6-3-4-7-29(26)34-40-14-5-15-41-34)47(37(46)50)28-11-9-27(10-12-28)44-18-16-43(2)17-19-44/h3-15,20,24H,16-19,21-23H2,1-2H3,(H,42,48)/t24-/m1/s1. The normalized spacial score (nSPS) is 16.3. The second-order valence-electron chi connectivity index (χ2n) is 12.7. The van der Waals surface area contributed by atoms with Gasteiger partial charge in [0.1, 0.15) is 5.69 Å². The molecule has 0 radical (unpaired) electrons. The molecule has 1 N–H and O–H groups in total. The molecule has 0 saturated carbocycles. The smallest absolute Gasteiger partial charge is 0.333 e. The van der Waals surface area contributed by atoms with Gasteiger partial charge in [-0.1, -0.05) is 35.9 Å². The van der Waals surface area contributed by atoms with Crippen LogP contribution in [-0.2, 0) is 19.6 Å². The quantitative estimate of drug-likeness (QED) is 0.242. The van der Waals surface area contributed by atoms with E-state index in [1.807, 2.05) is 55.5 Å². The first-order valence-electron chi connectivity index (χ1n) is 16.5. The first kappa shape index (κ1) is 33.7. The fraction of sp³-hybridized carbons (Fsp3) is 0.270. The highest BCUT2D eigenvalue weighted by molar-refractivity contribution is 9.10. The maximum Gasteiger partial charge on any atom is 0.333 e. The average molecular weight is 756 g/mol. The fourth-order valence-corrected chi connectivity index (χ4v) is 7.05. The molecule has 0 aliphatic carbocycles. The van der Waals surface area contributed by atoms with Gasteiger partial charge in [0.15, 0.2) is 5.82 Å². The van der Waals surface area contributed by atoms with E-state index in [4.69, 9.17) is 11.6 Å². The van der Waals surface area contributed by atoms with E-state index in [-0.39, 0.29) is 43.0 Å². The van der Waals surface area contributed by atoms with Crippen molar-refractivity contribution >= 4 is 45.0 Å². The van der Waals surface area contributed by atoms with Gasteiger partial charge in [-0.3, -0.25) is 18.7 Å². The lowest BCUT2D eigenvalue weighted by Crippen LogP contribution is -2.47. The maximum atomic E-state index is 14.3. The number of rotatable bonds is 7. The minimum Gasteiger partial charge on any atom is -0.369 e.